The van der Waals surface area contributed by atoms with Crippen LogP contribution in [0.25, 0.3) is 0 Å². The van der Waals surface area contributed by atoms with Crippen molar-refractivity contribution in [2.75, 3.05) is 10.9 Å². The van der Waals surface area contributed by atoms with Crippen LogP contribution in [0.3, 0.4) is 0 Å². The lowest BCUT2D eigenvalue weighted by Gasteiger charge is -2.04. The van der Waals surface area contributed by atoms with Gasteiger partial charge in [-0.2, -0.15) is 0 Å². The highest BCUT2D eigenvalue weighted by atomic mass is 16.4. The molecule has 0 saturated heterocycles. The van der Waals surface area contributed by atoms with Gasteiger partial charge in [0.2, 0.25) is 0 Å². The molecule has 2 rings (SSSR count). The molecule has 2 N–H and O–H groups in total. The van der Waals surface area contributed by atoms with E-state index in [1.54, 1.807) is 6.20 Å². The third-order valence-corrected chi connectivity index (χ3v) is 1.52. The van der Waals surface area contributed by atoms with Crippen molar-refractivity contribution in [1.29, 1.82) is 0 Å². The maximum absolute atomic E-state index is 4.97. The van der Waals surface area contributed by atoms with Crippen molar-refractivity contribution in [3.63, 3.8) is 0 Å². The number of nitrogens with zero attached hydrogens (tertiary/aromatic N) is 1. The molecule has 0 unspecified atom stereocenters. The van der Waals surface area contributed by atoms with E-state index in [1.165, 1.54) is 6.26 Å². The summed E-state index contributed by atoms with van der Waals surface area (Å²) in [6.45, 7) is 0. The van der Waals surface area contributed by atoms with Gasteiger partial charge in [0.1, 0.15) is 6.26 Å². The predicted molar refractivity (Wildman–Crippen MR) is 50.2 cm³/mol. The first-order chi connectivity index (χ1) is 6.45. The topological polar surface area (TPSA) is 50.1 Å². The van der Waals surface area contributed by atoms with Crippen molar-refractivity contribution in [3.8, 4) is 0 Å². The normalized spacial score (nSPS) is 9.54. The molecule has 0 bridgehead atoms. The Kier molecular flexibility index (Phi) is 2.14. The molecule has 0 saturated carbocycles. The molecule has 0 spiro atoms. The molecule has 0 atom stereocenters. The second-order valence-corrected chi connectivity index (χ2v) is 2.45. The summed E-state index contributed by atoms with van der Waals surface area (Å²) in [5.74, 6) is 0. The Hall–Kier alpha value is -1.97. The van der Waals surface area contributed by atoms with Gasteiger partial charge >= 0.3 is 6.01 Å². The monoisotopic (exact) mass is 175 g/mol. The lowest BCUT2D eigenvalue weighted by molar-refractivity contribution is 0.575. The minimum absolute atomic E-state index is 0.448. The Morgan fingerprint density at radius 3 is 2.62 bits per heavy atom. The van der Waals surface area contributed by atoms with E-state index in [-0.39, 0.29) is 0 Å². The number of rotatable bonds is 3. The summed E-state index contributed by atoms with van der Waals surface area (Å²) in [7, 11) is 0. The first-order valence-corrected chi connectivity index (χ1v) is 3.92. The molecule has 2 aromatic rings. The third kappa shape index (κ3) is 1.99. The van der Waals surface area contributed by atoms with Crippen molar-refractivity contribution < 1.29 is 4.42 Å². The van der Waals surface area contributed by atoms with Crippen molar-refractivity contribution in [2.45, 2.75) is 0 Å². The average molecular weight is 175 g/mol. The Bertz CT molecular complexity index is 344. The Balaban J connectivity index is 1.94. The zero-order valence-electron chi connectivity index (χ0n) is 6.90. The number of aromatic nitrogens is 1. The van der Waals surface area contributed by atoms with Crippen molar-refractivity contribution in [3.05, 3.63) is 42.8 Å². The molecule has 4 heteroatoms. The average Bonchev–Trinajstić information content (AvgIpc) is 2.69. The van der Waals surface area contributed by atoms with Crippen LogP contribution in [-0.4, -0.2) is 4.98 Å². The van der Waals surface area contributed by atoms with E-state index in [2.05, 4.69) is 15.8 Å². The molecule has 1 aromatic heterocycles. The quantitative estimate of drug-likeness (QED) is 0.701. The van der Waals surface area contributed by atoms with Gasteiger partial charge in [0.15, 0.2) is 0 Å². The molecule has 0 aliphatic rings. The second-order valence-electron chi connectivity index (χ2n) is 2.45. The molecule has 0 fully saturated rings. The molecular weight excluding hydrogens is 166 g/mol. The minimum Gasteiger partial charge on any atom is -0.431 e. The van der Waals surface area contributed by atoms with Crippen LogP contribution in [0.2, 0.25) is 0 Å². The number of benzene rings is 1. The smallest absolute Gasteiger partial charge is 0.313 e. The Labute approximate surface area is 75.6 Å². The van der Waals surface area contributed by atoms with Crippen LogP contribution in [0.4, 0.5) is 11.7 Å². The van der Waals surface area contributed by atoms with E-state index in [0.717, 1.165) is 5.69 Å². The molecular formula is C9H9N3O. The van der Waals surface area contributed by atoms with Crippen molar-refractivity contribution in [2.24, 2.45) is 0 Å². The molecule has 0 radical (unpaired) electrons. The predicted octanol–water partition coefficient (Wildman–Crippen LogP) is 2.11. The Morgan fingerprint density at radius 2 is 1.92 bits per heavy atom. The second kappa shape index (κ2) is 3.62. The van der Waals surface area contributed by atoms with E-state index >= 15 is 0 Å². The zero-order chi connectivity index (χ0) is 8.93. The SMILES string of the molecule is c1ccc(NNc2ncco2)cc1. The molecule has 0 amide bonds. The summed E-state index contributed by atoms with van der Waals surface area (Å²) in [6, 6.07) is 10.2. The number of hydrazine groups is 1. The van der Waals surface area contributed by atoms with Gasteiger partial charge in [-0.15, -0.1) is 0 Å². The molecule has 66 valence electrons. The summed E-state index contributed by atoms with van der Waals surface area (Å²) in [5.41, 5.74) is 6.71. The highest BCUT2D eigenvalue weighted by Gasteiger charge is 1.93. The standard InChI is InChI=1S/C9H9N3O/c1-2-4-8(5-3-1)11-12-9-10-6-7-13-9/h1-7,11H,(H,10,12). The number of hydrogen-bond donors (Lipinski definition) is 2. The number of hydrogen-bond acceptors (Lipinski definition) is 4. The lowest BCUT2D eigenvalue weighted by Crippen LogP contribution is -2.08. The van der Waals surface area contributed by atoms with Gasteiger partial charge in [0.05, 0.1) is 11.9 Å². The number of oxazole rings is 1. The van der Waals surface area contributed by atoms with E-state index < -0.39 is 0 Å². The largest absolute Gasteiger partial charge is 0.431 e. The maximum Gasteiger partial charge on any atom is 0.313 e. The van der Waals surface area contributed by atoms with Gasteiger partial charge in [0, 0.05) is 0 Å². The molecule has 1 heterocycles. The fourth-order valence-electron chi connectivity index (χ4n) is 0.932. The van der Waals surface area contributed by atoms with Crippen LogP contribution >= 0.6 is 0 Å². The van der Waals surface area contributed by atoms with Gasteiger partial charge < -0.3 is 4.42 Å². The fraction of sp³-hybridized carbons (Fsp3) is 0. The summed E-state index contributed by atoms with van der Waals surface area (Å²) >= 11 is 0. The Morgan fingerprint density at radius 1 is 1.08 bits per heavy atom. The van der Waals surface area contributed by atoms with Gasteiger partial charge in [-0.25, -0.2) is 4.98 Å². The minimum atomic E-state index is 0.448. The van der Waals surface area contributed by atoms with E-state index in [0.29, 0.717) is 6.01 Å². The van der Waals surface area contributed by atoms with Crippen molar-refractivity contribution >= 4 is 11.7 Å². The van der Waals surface area contributed by atoms with Crippen LogP contribution in [0.5, 0.6) is 0 Å². The van der Waals surface area contributed by atoms with Crippen LogP contribution in [0, 0.1) is 0 Å². The van der Waals surface area contributed by atoms with Gasteiger partial charge in [-0.3, -0.25) is 10.9 Å². The number of para-hydroxylation sites is 1. The molecule has 1 aromatic carbocycles. The highest BCUT2D eigenvalue weighted by molar-refractivity contribution is 5.46. The number of nitrogens with one attached hydrogen (secondary N) is 2. The first-order valence-electron chi connectivity index (χ1n) is 3.92. The maximum atomic E-state index is 4.97. The van der Waals surface area contributed by atoms with Crippen LogP contribution < -0.4 is 10.9 Å². The summed E-state index contributed by atoms with van der Waals surface area (Å²) in [5, 5.41) is 0. The summed E-state index contributed by atoms with van der Waals surface area (Å²) in [4.78, 5) is 3.89. The van der Waals surface area contributed by atoms with E-state index in [4.69, 9.17) is 4.42 Å². The first kappa shape index (κ1) is 7.67. The highest BCUT2D eigenvalue weighted by Crippen LogP contribution is 2.06. The molecule has 0 aliphatic carbocycles. The molecule has 0 aliphatic heterocycles. The van der Waals surface area contributed by atoms with Crippen LogP contribution in [-0.2, 0) is 0 Å². The summed E-state index contributed by atoms with van der Waals surface area (Å²) < 4.78 is 4.97. The van der Waals surface area contributed by atoms with Gasteiger partial charge in [-0.05, 0) is 12.1 Å². The third-order valence-electron chi connectivity index (χ3n) is 1.52. The van der Waals surface area contributed by atoms with E-state index in [1.807, 2.05) is 30.3 Å². The lowest BCUT2D eigenvalue weighted by atomic mass is 10.3. The van der Waals surface area contributed by atoms with Gasteiger partial charge in [-0.1, -0.05) is 18.2 Å². The molecule has 13 heavy (non-hydrogen) atoms. The summed E-state index contributed by atoms with van der Waals surface area (Å²) in [6.07, 6.45) is 3.09. The zero-order valence-corrected chi connectivity index (χ0v) is 6.90. The van der Waals surface area contributed by atoms with E-state index in [9.17, 15) is 0 Å². The van der Waals surface area contributed by atoms with Crippen molar-refractivity contribution in [1.82, 2.24) is 4.98 Å². The van der Waals surface area contributed by atoms with Crippen LogP contribution in [0.1, 0.15) is 0 Å². The molecule has 4 nitrogen and oxygen atoms in total. The van der Waals surface area contributed by atoms with Crippen LogP contribution in [0.15, 0.2) is 47.2 Å². The fourth-order valence-corrected chi connectivity index (χ4v) is 0.932. The van der Waals surface area contributed by atoms with Gasteiger partial charge in [0.25, 0.3) is 0 Å². The number of anilines is 2.